The molecule has 0 spiro atoms. The number of hydrogen-bond donors (Lipinski definition) is 0. The largest absolute Gasteiger partial charge is 0.451 e. The van der Waals surface area contributed by atoms with Crippen molar-refractivity contribution in [3.63, 3.8) is 0 Å². The van der Waals surface area contributed by atoms with Gasteiger partial charge in [0.25, 0.3) is 0 Å². The molecule has 3 rings (SSSR count). The van der Waals surface area contributed by atoms with E-state index < -0.39 is 11.1 Å². The van der Waals surface area contributed by atoms with Crippen molar-refractivity contribution in [1.82, 2.24) is 0 Å². The smallest absolute Gasteiger partial charge is 0.334 e. The van der Waals surface area contributed by atoms with E-state index in [-0.39, 0.29) is 5.97 Å². The zero-order chi connectivity index (χ0) is 17.2. The quantitative estimate of drug-likeness (QED) is 0.700. The molecule has 2 aliphatic rings. The zero-order valence-electron chi connectivity index (χ0n) is 15.2. The lowest BCUT2D eigenvalue weighted by Gasteiger charge is -2.44. The first-order valence-electron chi connectivity index (χ1n) is 9.47. The number of nitrogens with zero attached hydrogens (tertiary/aromatic N) is 1. The molecule has 0 saturated carbocycles. The normalized spacial score (nSPS) is 24.6. The lowest BCUT2D eigenvalue weighted by atomic mass is 9.76. The van der Waals surface area contributed by atoms with E-state index in [1.165, 1.54) is 11.1 Å². The molecule has 0 saturated heterocycles. The van der Waals surface area contributed by atoms with Crippen LogP contribution in [0.3, 0.4) is 0 Å². The second-order valence-electron chi connectivity index (χ2n) is 7.48. The lowest BCUT2D eigenvalue weighted by molar-refractivity contribution is -0.162. The van der Waals surface area contributed by atoms with Crippen molar-refractivity contribution in [2.75, 3.05) is 0 Å². The van der Waals surface area contributed by atoms with Gasteiger partial charge < -0.3 is 4.74 Å². The number of esters is 1. The molecule has 0 bridgehead atoms. The molecule has 3 nitrogen and oxygen atoms in total. The standard InChI is InChI=1S/C21H29NO2/c1-4-6-13-21(14-7-5-2)19(23)24-20(3)15-12-16-10-8-9-11-17(16)18(20)22-21/h8-11H,4-7,12-15H2,1-3H3/t20-/m1/s1. The van der Waals surface area contributed by atoms with Crippen LogP contribution in [0.1, 0.15) is 76.8 Å². The van der Waals surface area contributed by atoms with Crippen LogP contribution in [0.25, 0.3) is 0 Å². The maximum atomic E-state index is 13.0. The number of aryl methyl sites for hydroxylation is 1. The SMILES string of the molecule is CCCCC1(CCCC)N=C2c3ccccc3CC[C@@]2(C)OC1=O. The van der Waals surface area contributed by atoms with Gasteiger partial charge in [-0.3, -0.25) is 4.99 Å². The molecule has 24 heavy (non-hydrogen) atoms. The van der Waals surface area contributed by atoms with Crippen molar-refractivity contribution in [3.8, 4) is 0 Å². The Kier molecular flexibility index (Phi) is 4.80. The van der Waals surface area contributed by atoms with Crippen molar-refractivity contribution in [1.29, 1.82) is 0 Å². The van der Waals surface area contributed by atoms with Gasteiger partial charge in [-0.05, 0) is 38.2 Å². The van der Waals surface area contributed by atoms with E-state index in [0.29, 0.717) is 0 Å². The summed E-state index contributed by atoms with van der Waals surface area (Å²) in [6, 6.07) is 8.45. The molecule has 3 heteroatoms. The van der Waals surface area contributed by atoms with E-state index in [1.807, 2.05) is 6.92 Å². The fraction of sp³-hybridized carbons (Fsp3) is 0.619. The van der Waals surface area contributed by atoms with Crippen LogP contribution in [-0.4, -0.2) is 22.8 Å². The third kappa shape index (κ3) is 2.89. The summed E-state index contributed by atoms with van der Waals surface area (Å²) in [4.78, 5) is 18.1. The highest BCUT2D eigenvalue weighted by molar-refractivity contribution is 6.12. The third-order valence-electron chi connectivity index (χ3n) is 5.56. The first-order valence-corrected chi connectivity index (χ1v) is 9.47. The van der Waals surface area contributed by atoms with Gasteiger partial charge in [-0.15, -0.1) is 0 Å². The Morgan fingerprint density at radius 1 is 1.12 bits per heavy atom. The molecule has 0 fully saturated rings. The summed E-state index contributed by atoms with van der Waals surface area (Å²) >= 11 is 0. The van der Waals surface area contributed by atoms with Gasteiger partial charge in [0.15, 0.2) is 11.1 Å². The fourth-order valence-corrected chi connectivity index (χ4v) is 3.96. The first kappa shape index (κ1) is 17.2. The van der Waals surface area contributed by atoms with Crippen LogP contribution in [0.5, 0.6) is 0 Å². The molecule has 130 valence electrons. The Morgan fingerprint density at radius 2 is 1.79 bits per heavy atom. The van der Waals surface area contributed by atoms with Crippen molar-refractivity contribution >= 4 is 11.7 Å². The Hall–Kier alpha value is -1.64. The average Bonchev–Trinajstić information content (AvgIpc) is 2.59. The number of ether oxygens (including phenoxy) is 1. The van der Waals surface area contributed by atoms with E-state index in [1.54, 1.807) is 0 Å². The fourth-order valence-electron chi connectivity index (χ4n) is 3.96. The van der Waals surface area contributed by atoms with Crippen LogP contribution < -0.4 is 0 Å². The third-order valence-corrected chi connectivity index (χ3v) is 5.56. The Morgan fingerprint density at radius 3 is 2.46 bits per heavy atom. The van der Waals surface area contributed by atoms with Crippen molar-refractivity contribution < 1.29 is 9.53 Å². The number of hydrogen-bond acceptors (Lipinski definition) is 3. The van der Waals surface area contributed by atoms with Gasteiger partial charge in [-0.25, -0.2) is 4.79 Å². The Bertz CT molecular complexity index is 641. The van der Waals surface area contributed by atoms with Gasteiger partial charge in [-0.2, -0.15) is 0 Å². The molecular formula is C21H29NO2. The first-order chi connectivity index (χ1) is 11.5. The van der Waals surface area contributed by atoms with Crippen LogP contribution in [-0.2, 0) is 16.0 Å². The molecule has 0 aromatic heterocycles. The molecule has 0 N–H and O–H groups in total. The van der Waals surface area contributed by atoms with Gasteiger partial charge in [-0.1, -0.05) is 63.8 Å². The highest BCUT2D eigenvalue weighted by atomic mass is 16.6. The molecule has 0 unspecified atom stereocenters. The van der Waals surface area contributed by atoms with Crippen LogP contribution in [0.15, 0.2) is 29.3 Å². The van der Waals surface area contributed by atoms with Crippen molar-refractivity contribution in [2.45, 2.75) is 83.3 Å². The molecule has 1 aliphatic heterocycles. The number of rotatable bonds is 6. The molecule has 1 aromatic carbocycles. The molecule has 1 aromatic rings. The minimum absolute atomic E-state index is 0.102. The second-order valence-corrected chi connectivity index (χ2v) is 7.48. The molecular weight excluding hydrogens is 298 g/mol. The summed E-state index contributed by atoms with van der Waals surface area (Å²) in [7, 11) is 0. The van der Waals surface area contributed by atoms with Crippen LogP contribution in [0.2, 0.25) is 0 Å². The predicted molar refractivity (Wildman–Crippen MR) is 97.6 cm³/mol. The minimum Gasteiger partial charge on any atom is -0.451 e. The highest BCUT2D eigenvalue weighted by Gasteiger charge is 2.51. The number of aliphatic imine (C=N–C) groups is 1. The Labute approximate surface area is 145 Å². The van der Waals surface area contributed by atoms with E-state index in [9.17, 15) is 4.79 Å². The number of carbonyl (C=O) groups excluding carboxylic acids is 1. The average molecular weight is 327 g/mol. The molecule has 1 heterocycles. The summed E-state index contributed by atoms with van der Waals surface area (Å²) < 4.78 is 6.07. The number of unbranched alkanes of at least 4 members (excludes halogenated alkanes) is 2. The van der Waals surface area contributed by atoms with E-state index >= 15 is 0 Å². The highest BCUT2D eigenvalue weighted by Crippen LogP contribution is 2.41. The van der Waals surface area contributed by atoms with Crippen LogP contribution in [0.4, 0.5) is 0 Å². The van der Waals surface area contributed by atoms with Crippen molar-refractivity contribution in [2.24, 2.45) is 4.99 Å². The summed E-state index contributed by atoms with van der Waals surface area (Å²) in [5.74, 6) is -0.102. The number of fused-ring (bicyclic) bond motifs is 3. The van der Waals surface area contributed by atoms with Gasteiger partial charge in [0.1, 0.15) is 0 Å². The van der Waals surface area contributed by atoms with E-state index in [4.69, 9.17) is 9.73 Å². The maximum absolute atomic E-state index is 13.0. The minimum atomic E-state index is -0.675. The van der Waals surface area contributed by atoms with E-state index in [0.717, 1.165) is 57.1 Å². The van der Waals surface area contributed by atoms with Crippen LogP contribution in [0, 0.1) is 0 Å². The molecule has 1 atom stereocenters. The van der Waals surface area contributed by atoms with Gasteiger partial charge in [0.2, 0.25) is 0 Å². The Balaban J connectivity index is 2.09. The predicted octanol–water partition coefficient (Wildman–Crippen LogP) is 4.86. The summed E-state index contributed by atoms with van der Waals surface area (Å²) in [6.07, 6.45) is 7.51. The topological polar surface area (TPSA) is 38.7 Å². The van der Waals surface area contributed by atoms with Crippen molar-refractivity contribution in [3.05, 3.63) is 35.4 Å². The summed E-state index contributed by atoms with van der Waals surface area (Å²) in [5.41, 5.74) is 2.26. The van der Waals surface area contributed by atoms with Gasteiger partial charge in [0, 0.05) is 5.56 Å². The summed E-state index contributed by atoms with van der Waals surface area (Å²) in [6.45, 7) is 6.35. The van der Waals surface area contributed by atoms with Gasteiger partial charge in [0.05, 0.1) is 5.71 Å². The number of carbonyl (C=O) groups is 1. The number of benzene rings is 1. The zero-order valence-corrected chi connectivity index (χ0v) is 15.2. The van der Waals surface area contributed by atoms with Gasteiger partial charge >= 0.3 is 5.97 Å². The lowest BCUT2D eigenvalue weighted by Crippen LogP contribution is -2.55. The molecule has 0 radical (unpaired) electrons. The summed E-state index contributed by atoms with van der Waals surface area (Å²) in [5, 5.41) is 0. The van der Waals surface area contributed by atoms with Crippen LogP contribution >= 0.6 is 0 Å². The molecule has 1 aliphatic carbocycles. The molecule has 0 amide bonds. The van der Waals surface area contributed by atoms with E-state index in [2.05, 4.69) is 38.1 Å². The second kappa shape index (κ2) is 6.70. The maximum Gasteiger partial charge on any atom is 0.334 e. The monoisotopic (exact) mass is 327 g/mol.